The normalized spacial score (nSPS) is 10.8. The van der Waals surface area contributed by atoms with Gasteiger partial charge in [-0.25, -0.2) is 9.97 Å². The van der Waals surface area contributed by atoms with E-state index in [9.17, 15) is 0 Å². The van der Waals surface area contributed by atoms with Crippen LogP contribution in [0, 0.1) is 0 Å². The maximum atomic E-state index is 5.81. The van der Waals surface area contributed by atoms with Gasteiger partial charge in [-0.1, -0.05) is 84.9 Å². The lowest BCUT2D eigenvalue weighted by Gasteiger charge is -2.13. The minimum absolute atomic E-state index is 0. The number of fused-ring (bicyclic) bond motifs is 1. The van der Waals surface area contributed by atoms with Gasteiger partial charge in [0.1, 0.15) is 5.69 Å². The van der Waals surface area contributed by atoms with E-state index < -0.39 is 0 Å². The lowest BCUT2D eigenvalue weighted by atomic mass is 9.96. The van der Waals surface area contributed by atoms with Gasteiger partial charge in [-0.2, -0.15) is 5.10 Å². The molecule has 0 amide bonds. The Hall–Kier alpha value is -4.39. The number of benzene rings is 3. The van der Waals surface area contributed by atoms with Gasteiger partial charge in [-0.3, -0.25) is 10.1 Å². The molecule has 3 N–H and O–H groups in total. The quantitative estimate of drug-likeness (QED) is 0.296. The Kier molecular flexibility index (Phi) is 6.54. The van der Waals surface area contributed by atoms with Crippen molar-refractivity contribution < 1.29 is 0 Å². The predicted molar refractivity (Wildman–Crippen MR) is 146 cm³/mol. The second-order valence-electron chi connectivity index (χ2n) is 8.25. The molecule has 3 aromatic carbocycles. The Morgan fingerprint density at radius 2 is 1.39 bits per heavy atom. The largest absolute Gasteiger partial charge is 0.326 e. The van der Waals surface area contributed by atoms with Crippen LogP contribution in [-0.4, -0.2) is 25.1 Å². The fourth-order valence-corrected chi connectivity index (χ4v) is 4.23. The molecule has 3 aromatic heterocycles. The van der Waals surface area contributed by atoms with Crippen molar-refractivity contribution >= 4 is 23.3 Å². The van der Waals surface area contributed by atoms with Gasteiger partial charge in [0.25, 0.3) is 0 Å². The molecule has 0 saturated heterocycles. The smallest absolute Gasteiger partial charge is 0.181 e. The molecular formula is C29H23ClN6. The van der Waals surface area contributed by atoms with Gasteiger partial charge in [0.15, 0.2) is 11.6 Å². The van der Waals surface area contributed by atoms with E-state index in [1.165, 1.54) is 0 Å². The maximum Gasteiger partial charge on any atom is 0.181 e. The summed E-state index contributed by atoms with van der Waals surface area (Å²) in [6.45, 7) is 0.508. The summed E-state index contributed by atoms with van der Waals surface area (Å²) in [4.78, 5) is 14.5. The minimum Gasteiger partial charge on any atom is -0.326 e. The molecule has 7 heteroatoms. The zero-order chi connectivity index (χ0) is 23.6. The number of hydrogen-bond donors (Lipinski definition) is 2. The maximum absolute atomic E-state index is 5.81. The van der Waals surface area contributed by atoms with E-state index in [-0.39, 0.29) is 12.4 Å². The predicted octanol–water partition coefficient (Wildman–Crippen LogP) is 6.30. The molecule has 0 fully saturated rings. The van der Waals surface area contributed by atoms with E-state index >= 15 is 0 Å². The molecule has 36 heavy (non-hydrogen) atoms. The monoisotopic (exact) mass is 490 g/mol. The molecule has 176 valence electrons. The van der Waals surface area contributed by atoms with Gasteiger partial charge in [0.2, 0.25) is 0 Å². The molecule has 6 nitrogen and oxygen atoms in total. The number of H-pyrrole nitrogens is 1. The fraction of sp³-hybridized carbons (Fsp3) is 0.0345. The van der Waals surface area contributed by atoms with E-state index in [1.54, 1.807) is 6.20 Å². The highest BCUT2D eigenvalue weighted by Crippen LogP contribution is 2.36. The van der Waals surface area contributed by atoms with Crippen molar-refractivity contribution in [3.8, 4) is 45.3 Å². The molecule has 0 aliphatic rings. The summed E-state index contributed by atoms with van der Waals surface area (Å²) in [5.41, 5.74) is 13.4. The van der Waals surface area contributed by atoms with Gasteiger partial charge in [-0.15, -0.1) is 12.4 Å². The number of pyridine rings is 2. The van der Waals surface area contributed by atoms with Gasteiger partial charge in [0, 0.05) is 34.8 Å². The molecule has 0 bridgehead atoms. The van der Waals surface area contributed by atoms with Gasteiger partial charge < -0.3 is 5.73 Å². The van der Waals surface area contributed by atoms with Crippen LogP contribution in [0.15, 0.2) is 103 Å². The molecule has 3 heterocycles. The third-order valence-electron chi connectivity index (χ3n) is 6.03. The first-order valence-corrected chi connectivity index (χ1v) is 11.4. The molecule has 0 spiro atoms. The van der Waals surface area contributed by atoms with Crippen LogP contribution in [-0.2, 0) is 6.54 Å². The van der Waals surface area contributed by atoms with E-state index in [4.69, 9.17) is 15.7 Å². The van der Waals surface area contributed by atoms with Crippen LogP contribution < -0.4 is 5.73 Å². The lowest BCUT2D eigenvalue weighted by Crippen LogP contribution is -1.97. The zero-order valence-electron chi connectivity index (χ0n) is 19.3. The van der Waals surface area contributed by atoms with Gasteiger partial charge >= 0.3 is 0 Å². The highest BCUT2D eigenvalue weighted by molar-refractivity contribution is 5.97. The lowest BCUT2D eigenvalue weighted by molar-refractivity contribution is 1.07. The van der Waals surface area contributed by atoms with Gasteiger partial charge in [-0.05, 0) is 23.3 Å². The summed E-state index contributed by atoms with van der Waals surface area (Å²) >= 11 is 0. The van der Waals surface area contributed by atoms with E-state index in [0.717, 1.165) is 44.4 Å². The average Bonchev–Trinajstić information content (AvgIpc) is 3.43. The van der Waals surface area contributed by atoms with Crippen molar-refractivity contribution in [1.29, 1.82) is 0 Å². The van der Waals surface area contributed by atoms with Crippen LogP contribution in [0.4, 0.5) is 0 Å². The Balaban J connectivity index is 0.00000267. The van der Waals surface area contributed by atoms with E-state index in [2.05, 4.69) is 45.5 Å². The van der Waals surface area contributed by atoms with Crippen LogP contribution in [0.3, 0.4) is 0 Å². The molecule has 0 saturated carbocycles. The molecule has 6 rings (SSSR count). The molecule has 6 aromatic rings. The summed E-state index contributed by atoms with van der Waals surface area (Å²) in [7, 11) is 0. The van der Waals surface area contributed by atoms with Crippen LogP contribution in [0.1, 0.15) is 5.56 Å². The van der Waals surface area contributed by atoms with Crippen LogP contribution in [0.2, 0.25) is 0 Å². The van der Waals surface area contributed by atoms with Crippen molar-refractivity contribution in [3.63, 3.8) is 0 Å². The number of aromatic nitrogens is 5. The van der Waals surface area contributed by atoms with Crippen molar-refractivity contribution in [3.05, 3.63) is 109 Å². The Morgan fingerprint density at radius 3 is 2.08 bits per heavy atom. The Labute approximate surface area is 214 Å². The summed E-state index contributed by atoms with van der Waals surface area (Å²) in [6.07, 6.45) is 1.76. The molecule has 0 unspecified atom stereocenters. The van der Waals surface area contributed by atoms with E-state index in [0.29, 0.717) is 23.9 Å². The third kappa shape index (κ3) is 4.35. The summed E-state index contributed by atoms with van der Waals surface area (Å²) in [5, 5.41) is 8.40. The van der Waals surface area contributed by atoms with Crippen molar-refractivity contribution in [2.24, 2.45) is 5.73 Å². The van der Waals surface area contributed by atoms with Crippen molar-refractivity contribution in [1.82, 2.24) is 25.1 Å². The Bertz CT molecular complexity index is 1610. The van der Waals surface area contributed by atoms with Crippen LogP contribution in [0.5, 0.6) is 0 Å². The third-order valence-corrected chi connectivity index (χ3v) is 6.03. The first-order valence-electron chi connectivity index (χ1n) is 11.4. The summed E-state index contributed by atoms with van der Waals surface area (Å²) in [6, 6.07) is 32.5. The topological polar surface area (TPSA) is 93.4 Å². The van der Waals surface area contributed by atoms with E-state index in [1.807, 2.05) is 66.7 Å². The molecule has 0 aliphatic heterocycles. The average molecular weight is 491 g/mol. The molecule has 0 atom stereocenters. The first-order chi connectivity index (χ1) is 17.3. The number of rotatable bonds is 5. The second kappa shape index (κ2) is 10.1. The SMILES string of the molecule is Cl.NCc1ccc(-c2nc3ccnc(-c4nc(-c5ccccc5)n[nH]4)c3cc2-c2ccccc2)cc1. The second-order valence-corrected chi connectivity index (χ2v) is 8.25. The van der Waals surface area contributed by atoms with Crippen LogP contribution in [0.25, 0.3) is 56.2 Å². The van der Waals surface area contributed by atoms with Crippen molar-refractivity contribution in [2.75, 3.05) is 0 Å². The molecule has 0 aliphatic carbocycles. The minimum atomic E-state index is 0. The van der Waals surface area contributed by atoms with Crippen molar-refractivity contribution in [2.45, 2.75) is 6.54 Å². The molecule has 0 radical (unpaired) electrons. The highest BCUT2D eigenvalue weighted by atomic mass is 35.5. The number of hydrogen-bond acceptors (Lipinski definition) is 5. The van der Waals surface area contributed by atoms with Crippen LogP contribution >= 0.6 is 12.4 Å². The number of halogens is 1. The zero-order valence-corrected chi connectivity index (χ0v) is 20.1. The first kappa shape index (κ1) is 23.4. The number of nitrogens with one attached hydrogen (secondary N) is 1. The fourth-order valence-electron chi connectivity index (χ4n) is 4.23. The van der Waals surface area contributed by atoms with Gasteiger partial charge in [0.05, 0.1) is 11.2 Å². The summed E-state index contributed by atoms with van der Waals surface area (Å²) < 4.78 is 0. The highest BCUT2D eigenvalue weighted by Gasteiger charge is 2.17. The number of nitrogens with two attached hydrogens (primary N) is 1. The number of aromatic amines is 1. The Morgan fingerprint density at radius 1 is 0.694 bits per heavy atom. The molecular weight excluding hydrogens is 468 g/mol. The summed E-state index contributed by atoms with van der Waals surface area (Å²) in [5.74, 6) is 1.24. The standard InChI is InChI=1S/C29H22N6.ClH/c30-18-19-11-13-21(14-12-19)26-23(20-7-3-1-4-8-20)17-24-25(32-26)15-16-31-27(24)29-33-28(34-35-29)22-9-5-2-6-10-22;/h1-17H,18,30H2,(H,33,34,35);1H. The number of nitrogens with zero attached hydrogens (tertiary/aromatic N) is 4.